The molecule has 0 aliphatic rings. The number of nitrogens with one attached hydrogen (secondary N) is 1. The molecule has 4 rings (SSSR count). The van der Waals surface area contributed by atoms with Gasteiger partial charge in [-0.05, 0) is 31.2 Å². The molecule has 1 amide bonds. The second-order valence-corrected chi connectivity index (χ2v) is 6.84. The lowest BCUT2D eigenvalue weighted by Crippen LogP contribution is -2.30. The van der Waals surface area contributed by atoms with Gasteiger partial charge in [0.1, 0.15) is 11.3 Å². The lowest BCUT2D eigenvalue weighted by atomic mass is 10.1. The van der Waals surface area contributed by atoms with E-state index in [1.54, 1.807) is 12.3 Å². The molecule has 0 saturated heterocycles. The minimum absolute atomic E-state index is 0.346. The van der Waals surface area contributed by atoms with Gasteiger partial charge in [0.15, 0.2) is 6.61 Å². The predicted octanol–water partition coefficient (Wildman–Crippen LogP) is 4.41. The predicted molar refractivity (Wildman–Crippen MR) is 115 cm³/mol. The number of benzene rings is 2. The average Bonchev–Trinajstić information content (AvgIpc) is 3.21. The summed E-state index contributed by atoms with van der Waals surface area (Å²) in [6.45, 7) is 1.44. The van der Waals surface area contributed by atoms with E-state index in [1.165, 1.54) is 6.08 Å². The summed E-state index contributed by atoms with van der Waals surface area (Å²) in [5, 5.41) is 4.71. The second-order valence-electron chi connectivity index (χ2n) is 6.84. The maximum Gasteiger partial charge on any atom is 0.331 e. The lowest BCUT2D eigenvalue weighted by molar-refractivity contribution is -0.144. The van der Waals surface area contributed by atoms with Gasteiger partial charge >= 0.3 is 5.97 Å². The van der Waals surface area contributed by atoms with Crippen LogP contribution in [-0.2, 0) is 14.3 Å². The Morgan fingerprint density at radius 3 is 2.77 bits per heavy atom. The summed E-state index contributed by atoms with van der Waals surface area (Å²) in [5.41, 5.74) is 2.35. The van der Waals surface area contributed by atoms with Crippen LogP contribution < -0.4 is 5.32 Å². The third-order valence-corrected chi connectivity index (χ3v) is 4.66. The Morgan fingerprint density at radius 2 is 1.90 bits per heavy atom. The average molecular weight is 400 g/mol. The van der Waals surface area contributed by atoms with Gasteiger partial charge in [-0.15, -0.1) is 0 Å². The first-order valence-corrected chi connectivity index (χ1v) is 9.56. The zero-order valence-corrected chi connectivity index (χ0v) is 16.4. The van der Waals surface area contributed by atoms with Gasteiger partial charge in [0, 0.05) is 28.6 Å². The van der Waals surface area contributed by atoms with Crippen LogP contribution in [0.5, 0.6) is 0 Å². The zero-order valence-electron chi connectivity index (χ0n) is 16.4. The summed E-state index contributed by atoms with van der Waals surface area (Å²) in [6.07, 6.45) is 4.62. The molecule has 6 nitrogen and oxygen atoms in total. The Labute approximate surface area is 173 Å². The number of rotatable bonds is 6. The lowest BCUT2D eigenvalue weighted by Gasteiger charge is -2.11. The number of amides is 1. The van der Waals surface area contributed by atoms with Crippen molar-refractivity contribution in [2.75, 3.05) is 6.61 Å². The van der Waals surface area contributed by atoms with Gasteiger partial charge in [-0.1, -0.05) is 42.5 Å². The van der Waals surface area contributed by atoms with Crippen LogP contribution >= 0.6 is 0 Å². The van der Waals surface area contributed by atoms with Crippen molar-refractivity contribution >= 4 is 39.8 Å². The van der Waals surface area contributed by atoms with Gasteiger partial charge in [0.05, 0.1) is 11.6 Å². The summed E-state index contributed by atoms with van der Waals surface area (Å²) in [5.74, 6) is -0.370. The molecule has 30 heavy (non-hydrogen) atoms. The molecular weight excluding hydrogens is 380 g/mol. The summed E-state index contributed by atoms with van der Waals surface area (Å²) < 4.78 is 10.8. The molecule has 0 unspecified atom stereocenters. The molecule has 0 aliphatic heterocycles. The van der Waals surface area contributed by atoms with Gasteiger partial charge in [-0.2, -0.15) is 0 Å². The van der Waals surface area contributed by atoms with Gasteiger partial charge in [-0.25, -0.2) is 4.79 Å². The molecule has 2 aromatic heterocycles. The minimum atomic E-state index is -0.602. The number of hydrogen-bond donors (Lipinski definition) is 1. The number of furan rings is 1. The Bertz CT molecular complexity index is 1200. The first-order chi connectivity index (χ1) is 14.6. The number of para-hydroxylation sites is 2. The smallest absolute Gasteiger partial charge is 0.331 e. The van der Waals surface area contributed by atoms with Gasteiger partial charge in [0.25, 0.3) is 5.91 Å². The highest BCUT2D eigenvalue weighted by Crippen LogP contribution is 2.23. The first-order valence-electron chi connectivity index (χ1n) is 9.56. The van der Waals surface area contributed by atoms with E-state index in [4.69, 9.17) is 9.15 Å². The van der Waals surface area contributed by atoms with E-state index in [9.17, 15) is 9.59 Å². The van der Waals surface area contributed by atoms with Crippen LogP contribution in [0.3, 0.4) is 0 Å². The molecule has 150 valence electrons. The van der Waals surface area contributed by atoms with E-state index in [1.807, 2.05) is 67.6 Å². The topological polar surface area (TPSA) is 81.4 Å². The Hall–Kier alpha value is -3.93. The van der Waals surface area contributed by atoms with Crippen LogP contribution in [-0.4, -0.2) is 23.5 Å². The molecule has 0 aliphatic carbocycles. The van der Waals surface area contributed by atoms with Crippen LogP contribution in [0.25, 0.3) is 27.9 Å². The maximum atomic E-state index is 12.1. The summed E-state index contributed by atoms with van der Waals surface area (Å²) in [4.78, 5) is 28.5. The quantitative estimate of drug-likeness (QED) is 0.383. The SMILES string of the molecule is C[C@@H](NC(=O)COC(=O)/C=C\c1cccc2cccnc12)c1cc2ccccc2o1. The van der Waals surface area contributed by atoms with Gasteiger partial charge in [0.2, 0.25) is 0 Å². The fourth-order valence-electron chi connectivity index (χ4n) is 3.17. The molecule has 0 bridgehead atoms. The van der Waals surface area contributed by atoms with Crippen molar-refractivity contribution in [2.24, 2.45) is 0 Å². The maximum absolute atomic E-state index is 12.1. The van der Waals surface area contributed by atoms with Gasteiger partial charge in [-0.3, -0.25) is 9.78 Å². The molecule has 4 aromatic rings. The standard InChI is InChI=1S/C24H20N2O4/c1-16(21-14-19-6-2-3-10-20(19)30-21)26-22(27)15-29-23(28)12-11-18-8-4-7-17-9-5-13-25-24(17)18/h2-14,16H,15H2,1H3,(H,26,27)/b12-11-/t16-/m1/s1. The number of pyridine rings is 1. The van der Waals surface area contributed by atoms with Crippen LogP contribution in [0.1, 0.15) is 24.3 Å². The van der Waals surface area contributed by atoms with E-state index < -0.39 is 11.9 Å². The van der Waals surface area contributed by atoms with E-state index in [2.05, 4.69) is 10.3 Å². The van der Waals surface area contributed by atoms with Crippen LogP contribution in [0.15, 0.2) is 77.4 Å². The van der Waals surface area contributed by atoms with Crippen LogP contribution in [0, 0.1) is 0 Å². The number of nitrogens with zero attached hydrogens (tertiary/aromatic N) is 1. The molecule has 0 saturated carbocycles. The molecular formula is C24H20N2O4. The second kappa shape index (κ2) is 8.61. The summed E-state index contributed by atoms with van der Waals surface area (Å²) >= 11 is 0. The van der Waals surface area contributed by atoms with E-state index in [0.717, 1.165) is 27.4 Å². The number of carbonyl (C=O) groups excluding carboxylic acids is 2. The largest absolute Gasteiger partial charge is 0.459 e. The number of carbonyl (C=O) groups is 2. The molecule has 1 N–H and O–H groups in total. The van der Waals surface area contributed by atoms with Crippen molar-refractivity contribution < 1.29 is 18.7 Å². The Morgan fingerprint density at radius 1 is 1.10 bits per heavy atom. The molecule has 0 spiro atoms. The van der Waals surface area contributed by atoms with Crippen LogP contribution in [0.2, 0.25) is 0 Å². The van der Waals surface area contributed by atoms with Crippen molar-refractivity contribution in [3.8, 4) is 0 Å². The van der Waals surface area contributed by atoms with E-state index in [-0.39, 0.29) is 12.6 Å². The number of fused-ring (bicyclic) bond motifs is 2. The first kappa shape index (κ1) is 19.4. The molecule has 2 heterocycles. The van der Waals surface area contributed by atoms with Gasteiger partial charge < -0.3 is 14.5 Å². The van der Waals surface area contributed by atoms with Crippen LogP contribution in [0.4, 0.5) is 0 Å². The van der Waals surface area contributed by atoms with Crippen molar-refractivity contribution in [1.29, 1.82) is 0 Å². The molecule has 2 aromatic carbocycles. The third-order valence-electron chi connectivity index (χ3n) is 4.66. The highest BCUT2D eigenvalue weighted by atomic mass is 16.5. The minimum Gasteiger partial charge on any atom is -0.459 e. The monoisotopic (exact) mass is 400 g/mol. The fraction of sp³-hybridized carbons (Fsp3) is 0.125. The fourth-order valence-corrected chi connectivity index (χ4v) is 3.17. The van der Waals surface area contributed by atoms with E-state index in [0.29, 0.717) is 5.76 Å². The number of ether oxygens (including phenoxy) is 1. The van der Waals surface area contributed by atoms with Crippen molar-refractivity contribution in [1.82, 2.24) is 10.3 Å². The Balaban J connectivity index is 1.32. The number of aromatic nitrogens is 1. The number of esters is 1. The molecule has 0 fully saturated rings. The zero-order chi connectivity index (χ0) is 20.9. The highest BCUT2D eigenvalue weighted by Gasteiger charge is 2.15. The third kappa shape index (κ3) is 4.38. The molecule has 0 radical (unpaired) electrons. The summed E-state index contributed by atoms with van der Waals surface area (Å²) in [6, 6.07) is 18.7. The van der Waals surface area contributed by atoms with Crippen molar-refractivity contribution in [2.45, 2.75) is 13.0 Å². The Kier molecular flexibility index (Phi) is 5.57. The van der Waals surface area contributed by atoms with E-state index >= 15 is 0 Å². The highest BCUT2D eigenvalue weighted by molar-refractivity contribution is 5.93. The van der Waals surface area contributed by atoms with Crippen molar-refractivity contribution in [3.63, 3.8) is 0 Å². The van der Waals surface area contributed by atoms with Crippen molar-refractivity contribution in [3.05, 3.63) is 84.3 Å². The summed E-state index contributed by atoms with van der Waals surface area (Å²) in [7, 11) is 0. The number of hydrogen-bond acceptors (Lipinski definition) is 5. The normalized spacial score (nSPS) is 12.3. The molecule has 6 heteroatoms. The molecule has 1 atom stereocenters.